The lowest BCUT2D eigenvalue weighted by Crippen LogP contribution is -2.29. The summed E-state index contributed by atoms with van der Waals surface area (Å²) in [7, 11) is 0. The third-order valence-corrected chi connectivity index (χ3v) is 2.37. The Balaban J connectivity index is 2.52. The van der Waals surface area contributed by atoms with E-state index >= 15 is 0 Å². The minimum absolute atomic E-state index is 0.228. The van der Waals surface area contributed by atoms with E-state index in [4.69, 9.17) is 9.68 Å². The molecule has 0 aliphatic carbocycles. The first-order valence-electron chi connectivity index (χ1n) is 5.18. The van der Waals surface area contributed by atoms with Crippen LogP contribution in [-0.4, -0.2) is 10.9 Å². The van der Waals surface area contributed by atoms with E-state index in [1.807, 2.05) is 19.9 Å². The van der Waals surface area contributed by atoms with Gasteiger partial charge in [0.25, 0.3) is 0 Å². The van der Waals surface area contributed by atoms with Gasteiger partial charge >= 0.3 is 0 Å². The van der Waals surface area contributed by atoms with E-state index in [0.717, 1.165) is 11.5 Å². The second kappa shape index (κ2) is 5.31. The van der Waals surface area contributed by atoms with Crippen LogP contribution in [0.4, 0.5) is 0 Å². The van der Waals surface area contributed by atoms with E-state index in [1.54, 1.807) is 6.92 Å². The highest BCUT2D eigenvalue weighted by atomic mass is 16.4. The van der Waals surface area contributed by atoms with Crippen molar-refractivity contribution in [3.63, 3.8) is 0 Å². The lowest BCUT2D eigenvalue weighted by Gasteiger charge is -2.05. The Bertz CT molecular complexity index is 398. The molecule has 16 heavy (non-hydrogen) atoms. The molecule has 0 fully saturated rings. The fraction of sp³-hybridized carbons (Fsp3) is 0.545. The normalized spacial score (nSPS) is 11.9. The van der Waals surface area contributed by atoms with E-state index < -0.39 is 5.92 Å². The molecule has 1 aromatic rings. The summed E-state index contributed by atoms with van der Waals surface area (Å²) in [6, 6.07) is 1.94. The van der Waals surface area contributed by atoms with Crippen LogP contribution in [0.15, 0.2) is 4.42 Å². The summed E-state index contributed by atoms with van der Waals surface area (Å²) in [4.78, 5) is 15.6. The molecule has 0 saturated heterocycles. The second-order valence-electron chi connectivity index (χ2n) is 3.56. The minimum atomic E-state index is -0.600. The van der Waals surface area contributed by atoms with Crippen molar-refractivity contribution in [3.8, 4) is 6.07 Å². The van der Waals surface area contributed by atoms with Crippen LogP contribution in [0, 0.1) is 31.1 Å². The predicted molar refractivity (Wildman–Crippen MR) is 57.2 cm³/mol. The van der Waals surface area contributed by atoms with Crippen molar-refractivity contribution in [3.05, 3.63) is 17.3 Å². The fourth-order valence-corrected chi connectivity index (χ4v) is 1.24. The highest BCUT2D eigenvalue weighted by Gasteiger charge is 2.15. The minimum Gasteiger partial charge on any atom is -0.444 e. The molecule has 0 spiro atoms. The van der Waals surface area contributed by atoms with Gasteiger partial charge in [-0.2, -0.15) is 5.26 Å². The Morgan fingerprint density at radius 2 is 2.31 bits per heavy atom. The maximum atomic E-state index is 11.5. The summed E-state index contributed by atoms with van der Waals surface area (Å²) in [6.45, 7) is 5.69. The van der Waals surface area contributed by atoms with E-state index in [-0.39, 0.29) is 12.5 Å². The first-order valence-corrected chi connectivity index (χ1v) is 5.18. The number of oxazole rings is 1. The van der Waals surface area contributed by atoms with Gasteiger partial charge in [-0.25, -0.2) is 4.98 Å². The lowest BCUT2D eigenvalue weighted by molar-refractivity contribution is -0.123. The largest absolute Gasteiger partial charge is 0.444 e. The van der Waals surface area contributed by atoms with Crippen LogP contribution < -0.4 is 5.32 Å². The molecular weight excluding hydrogens is 206 g/mol. The molecule has 0 aliphatic rings. The topological polar surface area (TPSA) is 78.9 Å². The number of carbonyl (C=O) groups is 1. The number of hydrogen-bond donors (Lipinski definition) is 1. The molecule has 86 valence electrons. The average molecular weight is 221 g/mol. The first-order chi connectivity index (χ1) is 7.58. The van der Waals surface area contributed by atoms with Crippen molar-refractivity contribution in [1.29, 1.82) is 5.26 Å². The summed E-state index contributed by atoms with van der Waals surface area (Å²) in [5.41, 5.74) is 0.816. The molecule has 0 radical (unpaired) electrons. The van der Waals surface area contributed by atoms with Crippen LogP contribution in [-0.2, 0) is 11.3 Å². The zero-order valence-corrected chi connectivity index (χ0v) is 9.70. The number of rotatable bonds is 4. The monoisotopic (exact) mass is 221 g/mol. The average Bonchev–Trinajstić information content (AvgIpc) is 2.57. The zero-order chi connectivity index (χ0) is 12.1. The van der Waals surface area contributed by atoms with Crippen LogP contribution in [0.1, 0.15) is 30.7 Å². The number of carbonyl (C=O) groups excluding carboxylic acids is 1. The van der Waals surface area contributed by atoms with E-state index in [0.29, 0.717) is 12.3 Å². The molecule has 1 heterocycles. The molecule has 0 aliphatic heterocycles. The summed E-state index contributed by atoms with van der Waals surface area (Å²) >= 11 is 0. The standard InChI is InChI=1S/C11H15N3O2/c1-4-9(5-12)11(15)13-6-10-14-7(2)8(3)16-10/h9H,4,6H2,1-3H3,(H,13,15). The van der Waals surface area contributed by atoms with Crippen LogP contribution in [0.3, 0.4) is 0 Å². The third kappa shape index (κ3) is 2.83. The maximum absolute atomic E-state index is 11.5. The van der Waals surface area contributed by atoms with Gasteiger partial charge in [0.15, 0.2) is 0 Å². The number of hydrogen-bond acceptors (Lipinski definition) is 4. The summed E-state index contributed by atoms with van der Waals surface area (Å²) in [5, 5.41) is 11.3. The molecule has 0 bridgehead atoms. The number of nitrogens with zero attached hydrogens (tertiary/aromatic N) is 2. The van der Waals surface area contributed by atoms with Gasteiger partial charge in [0.1, 0.15) is 11.7 Å². The van der Waals surface area contributed by atoms with E-state index in [2.05, 4.69) is 10.3 Å². The van der Waals surface area contributed by atoms with Gasteiger partial charge in [-0.3, -0.25) is 4.79 Å². The molecule has 1 atom stereocenters. The number of aromatic nitrogens is 1. The zero-order valence-electron chi connectivity index (χ0n) is 9.70. The number of nitrogens with one attached hydrogen (secondary N) is 1. The molecule has 1 N–H and O–H groups in total. The highest BCUT2D eigenvalue weighted by Crippen LogP contribution is 2.08. The van der Waals surface area contributed by atoms with Gasteiger partial charge in [-0.05, 0) is 20.3 Å². The molecule has 1 amide bonds. The van der Waals surface area contributed by atoms with Gasteiger partial charge in [-0.1, -0.05) is 6.92 Å². The molecule has 1 unspecified atom stereocenters. The van der Waals surface area contributed by atoms with Gasteiger partial charge in [0.05, 0.1) is 18.3 Å². The fourth-order valence-electron chi connectivity index (χ4n) is 1.24. The summed E-state index contributed by atoms with van der Waals surface area (Å²) in [6.07, 6.45) is 0.506. The predicted octanol–water partition coefficient (Wildman–Crippen LogP) is 1.46. The number of amides is 1. The Labute approximate surface area is 94.5 Å². The van der Waals surface area contributed by atoms with Gasteiger partial charge in [0.2, 0.25) is 11.8 Å². The van der Waals surface area contributed by atoms with Gasteiger partial charge in [0, 0.05) is 0 Å². The maximum Gasteiger partial charge on any atom is 0.237 e. The Kier molecular flexibility index (Phi) is 4.06. The van der Waals surface area contributed by atoms with Crippen LogP contribution in [0.25, 0.3) is 0 Å². The van der Waals surface area contributed by atoms with E-state index in [1.165, 1.54) is 0 Å². The van der Waals surface area contributed by atoms with Crippen molar-refractivity contribution in [2.24, 2.45) is 5.92 Å². The Morgan fingerprint density at radius 3 is 2.75 bits per heavy atom. The summed E-state index contributed by atoms with van der Waals surface area (Å²) < 4.78 is 5.30. The van der Waals surface area contributed by atoms with Gasteiger partial charge < -0.3 is 9.73 Å². The second-order valence-corrected chi connectivity index (χ2v) is 3.56. The quantitative estimate of drug-likeness (QED) is 0.834. The first kappa shape index (κ1) is 12.2. The highest BCUT2D eigenvalue weighted by molar-refractivity contribution is 5.80. The van der Waals surface area contributed by atoms with Crippen LogP contribution in [0.2, 0.25) is 0 Å². The summed E-state index contributed by atoms with van der Waals surface area (Å²) in [5.74, 6) is 0.336. The Hall–Kier alpha value is -1.83. The molecule has 1 rings (SSSR count). The van der Waals surface area contributed by atoms with Crippen molar-refractivity contribution in [2.75, 3.05) is 0 Å². The SMILES string of the molecule is CCC(C#N)C(=O)NCc1nc(C)c(C)o1. The van der Waals surface area contributed by atoms with Gasteiger partial charge in [-0.15, -0.1) is 0 Å². The number of aryl methyl sites for hydroxylation is 2. The van der Waals surface area contributed by atoms with Crippen LogP contribution >= 0.6 is 0 Å². The third-order valence-electron chi connectivity index (χ3n) is 2.37. The Morgan fingerprint density at radius 1 is 1.62 bits per heavy atom. The molecular formula is C11H15N3O2. The van der Waals surface area contributed by atoms with Crippen LogP contribution in [0.5, 0.6) is 0 Å². The molecule has 5 heteroatoms. The smallest absolute Gasteiger partial charge is 0.237 e. The molecule has 5 nitrogen and oxygen atoms in total. The van der Waals surface area contributed by atoms with Crippen molar-refractivity contribution < 1.29 is 9.21 Å². The number of nitriles is 1. The van der Waals surface area contributed by atoms with Crippen molar-refractivity contribution >= 4 is 5.91 Å². The van der Waals surface area contributed by atoms with Crippen molar-refractivity contribution in [1.82, 2.24) is 10.3 Å². The van der Waals surface area contributed by atoms with E-state index in [9.17, 15) is 4.79 Å². The van der Waals surface area contributed by atoms with Crippen molar-refractivity contribution in [2.45, 2.75) is 33.7 Å². The molecule has 0 saturated carbocycles. The molecule has 1 aromatic heterocycles. The lowest BCUT2D eigenvalue weighted by atomic mass is 10.1. The molecule has 0 aromatic carbocycles.